The number of hydrogen-bond acceptors (Lipinski definition) is 3. The highest BCUT2D eigenvalue weighted by atomic mass is 16.6. The lowest BCUT2D eigenvalue weighted by Crippen LogP contribution is -2.48. The molecule has 1 amide bonds. The van der Waals surface area contributed by atoms with E-state index in [0.717, 1.165) is 25.1 Å². The van der Waals surface area contributed by atoms with E-state index < -0.39 is 0 Å². The number of carbonyl (C=O) groups is 1. The third-order valence-corrected chi connectivity index (χ3v) is 6.52. The number of nitrogens with zero attached hydrogens (tertiary/aromatic N) is 1. The van der Waals surface area contributed by atoms with Gasteiger partial charge in [0.1, 0.15) is 6.10 Å². The second kappa shape index (κ2) is 7.01. The molecule has 0 aromatic heterocycles. The first-order valence-electron chi connectivity index (χ1n) is 10.1. The molecule has 1 N–H and O–H groups in total. The van der Waals surface area contributed by atoms with Crippen LogP contribution in [0.2, 0.25) is 0 Å². The van der Waals surface area contributed by atoms with Gasteiger partial charge in [0.25, 0.3) is 0 Å². The highest BCUT2D eigenvalue weighted by molar-refractivity contribution is 5.70. The van der Waals surface area contributed by atoms with Crippen LogP contribution >= 0.6 is 0 Å². The van der Waals surface area contributed by atoms with Gasteiger partial charge in [-0.2, -0.15) is 0 Å². The fourth-order valence-corrected chi connectivity index (χ4v) is 5.17. The highest BCUT2D eigenvalue weighted by Gasteiger charge is 2.43. The van der Waals surface area contributed by atoms with E-state index in [2.05, 4.69) is 41.7 Å². The van der Waals surface area contributed by atoms with Crippen LogP contribution in [0.15, 0.2) is 54.6 Å². The largest absolute Gasteiger partial charge is 0.445 e. The zero-order chi connectivity index (χ0) is 18.2. The standard InChI is InChI=1S/C23H26N2O2/c26-23(27-22-18-10-11-19(22)15-24-14-18)25-13-12-16-6-4-5-9-20(16)21(25)17-7-2-1-3-8-17/h1-9,18-19,21-22,24H,10-15H2. The molecule has 0 radical (unpaired) electrons. The summed E-state index contributed by atoms with van der Waals surface area (Å²) in [6, 6.07) is 18.8. The van der Waals surface area contributed by atoms with Crippen molar-refractivity contribution >= 4 is 6.09 Å². The molecule has 4 heteroatoms. The Morgan fingerprint density at radius 2 is 1.67 bits per heavy atom. The molecule has 1 saturated carbocycles. The van der Waals surface area contributed by atoms with Gasteiger partial charge in [-0.05, 0) is 36.0 Å². The molecule has 1 saturated heterocycles. The quantitative estimate of drug-likeness (QED) is 0.884. The second-order valence-corrected chi connectivity index (χ2v) is 8.06. The van der Waals surface area contributed by atoms with Crippen LogP contribution in [-0.4, -0.2) is 36.7 Å². The van der Waals surface area contributed by atoms with E-state index >= 15 is 0 Å². The molecule has 2 aromatic carbocycles. The van der Waals surface area contributed by atoms with Crippen LogP contribution in [0.4, 0.5) is 4.79 Å². The van der Waals surface area contributed by atoms with Gasteiger partial charge in [0.05, 0.1) is 6.04 Å². The van der Waals surface area contributed by atoms with Crippen LogP contribution in [0, 0.1) is 11.8 Å². The maximum absolute atomic E-state index is 13.3. The minimum absolute atomic E-state index is 0.0666. The van der Waals surface area contributed by atoms with Crippen molar-refractivity contribution in [3.63, 3.8) is 0 Å². The number of nitrogens with one attached hydrogen (secondary N) is 1. The lowest BCUT2D eigenvalue weighted by molar-refractivity contribution is 0.00835. The van der Waals surface area contributed by atoms with Gasteiger partial charge in [-0.1, -0.05) is 54.6 Å². The minimum Gasteiger partial charge on any atom is -0.445 e. The summed E-state index contributed by atoms with van der Waals surface area (Å²) in [4.78, 5) is 15.2. The summed E-state index contributed by atoms with van der Waals surface area (Å²) in [5.41, 5.74) is 3.70. The van der Waals surface area contributed by atoms with E-state index in [9.17, 15) is 4.79 Å². The molecule has 4 nitrogen and oxygen atoms in total. The Labute approximate surface area is 160 Å². The Morgan fingerprint density at radius 3 is 2.44 bits per heavy atom. The number of amides is 1. The van der Waals surface area contributed by atoms with Crippen molar-refractivity contribution in [3.8, 4) is 0 Å². The van der Waals surface area contributed by atoms with Crippen molar-refractivity contribution < 1.29 is 9.53 Å². The number of benzene rings is 2. The van der Waals surface area contributed by atoms with Gasteiger partial charge in [0.2, 0.25) is 0 Å². The molecule has 0 spiro atoms. The zero-order valence-electron chi connectivity index (χ0n) is 15.5. The van der Waals surface area contributed by atoms with E-state index in [1.807, 2.05) is 23.1 Å². The van der Waals surface area contributed by atoms with E-state index in [0.29, 0.717) is 18.4 Å². The average molecular weight is 362 g/mol. The fourth-order valence-electron chi connectivity index (χ4n) is 5.17. The fraction of sp³-hybridized carbons (Fsp3) is 0.435. The molecule has 1 aliphatic carbocycles. The highest BCUT2D eigenvalue weighted by Crippen LogP contribution is 2.39. The summed E-state index contributed by atoms with van der Waals surface area (Å²) >= 11 is 0. The molecule has 3 atom stereocenters. The van der Waals surface area contributed by atoms with Crippen molar-refractivity contribution in [2.24, 2.45) is 11.8 Å². The van der Waals surface area contributed by atoms with Crippen LogP contribution in [0.1, 0.15) is 35.6 Å². The molecular formula is C23H26N2O2. The topological polar surface area (TPSA) is 41.6 Å². The molecule has 2 aromatic rings. The molecule has 2 bridgehead atoms. The first-order chi connectivity index (χ1) is 13.3. The maximum Gasteiger partial charge on any atom is 0.410 e. The summed E-state index contributed by atoms with van der Waals surface area (Å²) in [7, 11) is 0. The van der Waals surface area contributed by atoms with Gasteiger partial charge in [-0.3, -0.25) is 4.90 Å². The second-order valence-electron chi connectivity index (χ2n) is 8.06. The van der Waals surface area contributed by atoms with Gasteiger partial charge in [-0.25, -0.2) is 4.79 Å². The Morgan fingerprint density at radius 1 is 0.963 bits per heavy atom. The zero-order valence-corrected chi connectivity index (χ0v) is 15.5. The number of hydrogen-bond donors (Lipinski definition) is 1. The van der Waals surface area contributed by atoms with Crippen molar-refractivity contribution in [3.05, 3.63) is 71.3 Å². The number of piperidine rings is 1. The predicted molar refractivity (Wildman–Crippen MR) is 104 cm³/mol. The lowest BCUT2D eigenvalue weighted by Gasteiger charge is -2.39. The van der Waals surface area contributed by atoms with Gasteiger partial charge in [0, 0.05) is 31.5 Å². The SMILES string of the molecule is O=C(OC1C2CCC1CNC2)N1CCc2ccccc2C1c1ccccc1. The number of fused-ring (bicyclic) bond motifs is 3. The Kier molecular flexibility index (Phi) is 4.36. The summed E-state index contributed by atoms with van der Waals surface area (Å²) in [5.74, 6) is 0.944. The van der Waals surface area contributed by atoms with E-state index in [4.69, 9.17) is 4.74 Å². The third-order valence-electron chi connectivity index (χ3n) is 6.52. The Bertz CT molecular complexity index is 806. The van der Waals surface area contributed by atoms with Crippen LogP contribution in [0.3, 0.4) is 0 Å². The van der Waals surface area contributed by atoms with Crippen molar-refractivity contribution in [2.75, 3.05) is 19.6 Å². The molecule has 2 fully saturated rings. The predicted octanol–water partition coefficient (Wildman–Crippen LogP) is 3.77. The molecule has 2 heterocycles. The van der Waals surface area contributed by atoms with Gasteiger partial charge < -0.3 is 10.1 Å². The Balaban J connectivity index is 1.44. The number of ether oxygens (including phenoxy) is 1. The monoisotopic (exact) mass is 362 g/mol. The van der Waals surface area contributed by atoms with Crippen molar-refractivity contribution in [1.82, 2.24) is 10.2 Å². The average Bonchev–Trinajstić information content (AvgIpc) is 2.93. The summed E-state index contributed by atoms with van der Waals surface area (Å²) in [6.07, 6.45) is 3.14. The van der Waals surface area contributed by atoms with Crippen LogP contribution in [0.25, 0.3) is 0 Å². The number of carbonyl (C=O) groups excluding carboxylic acids is 1. The molecule has 5 rings (SSSR count). The van der Waals surface area contributed by atoms with Gasteiger partial charge >= 0.3 is 6.09 Å². The van der Waals surface area contributed by atoms with Crippen LogP contribution < -0.4 is 5.32 Å². The van der Waals surface area contributed by atoms with Gasteiger partial charge in [-0.15, -0.1) is 0 Å². The molecule has 2 aliphatic heterocycles. The van der Waals surface area contributed by atoms with Crippen molar-refractivity contribution in [2.45, 2.75) is 31.4 Å². The first kappa shape index (κ1) is 16.8. The summed E-state index contributed by atoms with van der Waals surface area (Å²) in [6.45, 7) is 2.65. The molecule has 27 heavy (non-hydrogen) atoms. The third kappa shape index (κ3) is 3.02. The van der Waals surface area contributed by atoms with Crippen LogP contribution in [0.5, 0.6) is 0 Å². The van der Waals surface area contributed by atoms with Crippen LogP contribution in [-0.2, 0) is 11.2 Å². The van der Waals surface area contributed by atoms with E-state index in [1.165, 1.54) is 24.0 Å². The van der Waals surface area contributed by atoms with E-state index in [1.54, 1.807) is 0 Å². The first-order valence-corrected chi connectivity index (χ1v) is 10.1. The summed E-state index contributed by atoms with van der Waals surface area (Å²) in [5, 5.41) is 3.47. The molecule has 140 valence electrons. The summed E-state index contributed by atoms with van der Waals surface area (Å²) < 4.78 is 6.13. The molecule has 3 aliphatic rings. The van der Waals surface area contributed by atoms with Crippen molar-refractivity contribution in [1.29, 1.82) is 0 Å². The van der Waals surface area contributed by atoms with Gasteiger partial charge in [0.15, 0.2) is 0 Å². The smallest absolute Gasteiger partial charge is 0.410 e. The number of rotatable bonds is 2. The molecular weight excluding hydrogens is 336 g/mol. The Hall–Kier alpha value is -2.33. The normalized spacial score (nSPS) is 29.3. The molecule has 3 unspecified atom stereocenters. The van der Waals surface area contributed by atoms with E-state index in [-0.39, 0.29) is 18.2 Å². The lowest BCUT2D eigenvalue weighted by atomic mass is 9.88. The maximum atomic E-state index is 13.3. The minimum atomic E-state index is -0.151.